The number of amides is 1. The Labute approximate surface area is 157 Å². The van der Waals surface area contributed by atoms with Gasteiger partial charge in [-0.2, -0.15) is 13.2 Å². The van der Waals surface area contributed by atoms with Crippen LogP contribution in [0.1, 0.15) is 36.6 Å². The fraction of sp³-hybridized carbons (Fsp3) is 0.368. The van der Waals surface area contributed by atoms with Crippen molar-refractivity contribution >= 4 is 5.91 Å². The molecule has 1 aliphatic rings. The van der Waals surface area contributed by atoms with E-state index >= 15 is 0 Å². The molecule has 1 saturated carbocycles. The average Bonchev–Trinajstić information content (AvgIpc) is 3.42. The van der Waals surface area contributed by atoms with Gasteiger partial charge in [0.25, 0.3) is 0 Å². The number of hydrogen-bond acceptors (Lipinski definition) is 3. The Balaban J connectivity index is 1.55. The van der Waals surface area contributed by atoms with E-state index in [-0.39, 0.29) is 23.1 Å². The van der Waals surface area contributed by atoms with Gasteiger partial charge < -0.3 is 10.1 Å². The first-order chi connectivity index (χ1) is 13.1. The maximum atomic E-state index is 13.8. The summed E-state index contributed by atoms with van der Waals surface area (Å²) in [6, 6.07) is 5.42. The zero-order valence-corrected chi connectivity index (χ0v) is 14.8. The monoisotopic (exact) mass is 400 g/mol. The maximum absolute atomic E-state index is 13.8. The number of rotatable bonds is 6. The molecule has 0 bridgehead atoms. The molecule has 1 aromatic heterocycles. The summed E-state index contributed by atoms with van der Waals surface area (Å²) in [4.78, 5) is 16.3. The number of hydrogen-bond donors (Lipinski definition) is 1. The first-order valence-electron chi connectivity index (χ1n) is 8.55. The fourth-order valence-electron chi connectivity index (χ4n) is 2.92. The number of carbonyl (C=O) groups is 1. The highest BCUT2D eigenvalue weighted by molar-refractivity contribution is 5.83. The molecule has 0 aliphatic heterocycles. The Bertz CT molecular complexity index is 854. The van der Waals surface area contributed by atoms with Crippen molar-refractivity contribution in [1.29, 1.82) is 0 Å². The number of nitrogens with one attached hydrogen (secondary N) is 1. The normalized spacial score (nSPS) is 19.8. The van der Waals surface area contributed by atoms with Crippen LogP contribution >= 0.6 is 0 Å². The van der Waals surface area contributed by atoms with E-state index in [1.54, 1.807) is 6.92 Å². The van der Waals surface area contributed by atoms with Crippen molar-refractivity contribution < 1.29 is 31.5 Å². The van der Waals surface area contributed by atoms with Crippen LogP contribution in [0.2, 0.25) is 0 Å². The van der Waals surface area contributed by atoms with Crippen LogP contribution in [0.5, 0.6) is 5.75 Å². The van der Waals surface area contributed by atoms with Gasteiger partial charge >= 0.3 is 6.18 Å². The van der Waals surface area contributed by atoms with Crippen molar-refractivity contribution in [2.45, 2.75) is 31.5 Å². The van der Waals surface area contributed by atoms with E-state index in [0.717, 1.165) is 24.4 Å². The molecular formula is C19H17F5N2O2. The van der Waals surface area contributed by atoms with Crippen LogP contribution in [0.3, 0.4) is 0 Å². The molecule has 1 aromatic carbocycles. The third-order valence-corrected chi connectivity index (χ3v) is 4.45. The second-order valence-electron chi connectivity index (χ2n) is 6.67. The van der Waals surface area contributed by atoms with Crippen LogP contribution < -0.4 is 10.1 Å². The van der Waals surface area contributed by atoms with Gasteiger partial charge in [-0.15, -0.1) is 0 Å². The van der Waals surface area contributed by atoms with Crippen LogP contribution in [0.25, 0.3) is 0 Å². The lowest BCUT2D eigenvalue weighted by Crippen LogP contribution is -2.29. The van der Waals surface area contributed by atoms with Crippen LogP contribution in [-0.4, -0.2) is 23.7 Å². The molecule has 1 aliphatic carbocycles. The lowest BCUT2D eigenvalue weighted by Gasteiger charge is -2.14. The summed E-state index contributed by atoms with van der Waals surface area (Å²) >= 11 is 0. The highest BCUT2D eigenvalue weighted by Crippen LogP contribution is 2.48. The van der Waals surface area contributed by atoms with Crippen LogP contribution in [0.4, 0.5) is 22.0 Å². The smallest absolute Gasteiger partial charge is 0.422 e. The van der Waals surface area contributed by atoms with E-state index in [2.05, 4.69) is 15.0 Å². The second-order valence-corrected chi connectivity index (χ2v) is 6.67. The summed E-state index contributed by atoms with van der Waals surface area (Å²) in [7, 11) is 0. The Morgan fingerprint density at radius 1 is 1.29 bits per heavy atom. The maximum Gasteiger partial charge on any atom is 0.422 e. The molecule has 0 unspecified atom stereocenters. The Morgan fingerprint density at radius 2 is 2.04 bits per heavy atom. The Kier molecular flexibility index (Phi) is 5.53. The molecule has 0 radical (unpaired) electrons. The molecule has 28 heavy (non-hydrogen) atoms. The van der Waals surface area contributed by atoms with Gasteiger partial charge in [0, 0.05) is 5.92 Å². The third kappa shape index (κ3) is 4.96. The molecule has 1 amide bonds. The quantitative estimate of drug-likeness (QED) is 0.737. The van der Waals surface area contributed by atoms with Crippen molar-refractivity contribution in [3.8, 4) is 5.75 Å². The van der Waals surface area contributed by atoms with Gasteiger partial charge in [0.15, 0.2) is 6.61 Å². The Hall–Kier alpha value is -2.71. The number of aromatic nitrogens is 1. The van der Waals surface area contributed by atoms with E-state index in [0.29, 0.717) is 12.1 Å². The van der Waals surface area contributed by atoms with E-state index in [1.165, 1.54) is 12.1 Å². The largest absolute Gasteiger partial charge is 0.483 e. The number of halogens is 5. The molecule has 9 heteroatoms. The van der Waals surface area contributed by atoms with Gasteiger partial charge in [0.2, 0.25) is 5.91 Å². The zero-order chi connectivity index (χ0) is 20.5. The molecule has 3 rings (SSSR count). The first-order valence-corrected chi connectivity index (χ1v) is 8.55. The number of nitrogens with zero attached hydrogens (tertiary/aromatic N) is 1. The Morgan fingerprint density at radius 3 is 2.68 bits per heavy atom. The van der Waals surface area contributed by atoms with Crippen molar-refractivity contribution in [1.82, 2.24) is 10.3 Å². The van der Waals surface area contributed by atoms with Gasteiger partial charge in [-0.05, 0) is 55.2 Å². The van der Waals surface area contributed by atoms with Crippen LogP contribution in [0.15, 0.2) is 36.5 Å². The SMILES string of the molecule is C[C@@H](NC(=O)[C@@H]1C[C@H]1c1cc(F)ccc1F)c1ccc(OCC(F)(F)F)cn1. The van der Waals surface area contributed by atoms with E-state index in [9.17, 15) is 26.7 Å². The molecule has 1 heterocycles. The van der Waals surface area contributed by atoms with Gasteiger partial charge in [-0.1, -0.05) is 0 Å². The number of carbonyl (C=O) groups excluding carboxylic acids is 1. The summed E-state index contributed by atoms with van der Waals surface area (Å²) in [5, 5.41) is 2.73. The number of pyridine rings is 1. The molecule has 1 fully saturated rings. The lowest BCUT2D eigenvalue weighted by atomic mass is 10.1. The van der Waals surface area contributed by atoms with E-state index in [1.807, 2.05) is 0 Å². The molecule has 4 nitrogen and oxygen atoms in total. The summed E-state index contributed by atoms with van der Waals surface area (Å²) in [6.07, 6.45) is -2.88. The zero-order valence-electron chi connectivity index (χ0n) is 14.8. The third-order valence-electron chi connectivity index (χ3n) is 4.45. The van der Waals surface area contributed by atoms with Gasteiger partial charge in [-0.25, -0.2) is 8.78 Å². The highest BCUT2D eigenvalue weighted by atomic mass is 19.4. The first kappa shape index (κ1) is 20.0. The van der Waals surface area contributed by atoms with Crippen LogP contribution in [0, 0.1) is 17.6 Å². The number of benzene rings is 1. The highest BCUT2D eigenvalue weighted by Gasteiger charge is 2.45. The van der Waals surface area contributed by atoms with E-state index in [4.69, 9.17) is 0 Å². The summed E-state index contributed by atoms with van der Waals surface area (Å²) in [6.45, 7) is 0.247. The van der Waals surface area contributed by atoms with Crippen molar-refractivity contribution in [2.75, 3.05) is 6.61 Å². The summed E-state index contributed by atoms with van der Waals surface area (Å²) in [5.74, 6) is -2.32. The molecule has 2 aromatic rings. The molecule has 150 valence electrons. The summed E-state index contributed by atoms with van der Waals surface area (Å²) < 4.78 is 68.1. The minimum atomic E-state index is -4.44. The second kappa shape index (κ2) is 7.73. The molecule has 0 spiro atoms. The van der Waals surface area contributed by atoms with Gasteiger partial charge in [0.05, 0.1) is 17.9 Å². The summed E-state index contributed by atoms with van der Waals surface area (Å²) in [5.41, 5.74) is 0.610. The topological polar surface area (TPSA) is 51.2 Å². The minimum absolute atomic E-state index is 0.0385. The number of alkyl halides is 3. The van der Waals surface area contributed by atoms with Crippen molar-refractivity contribution in [3.05, 3.63) is 59.4 Å². The lowest BCUT2D eigenvalue weighted by molar-refractivity contribution is -0.153. The fourth-order valence-corrected chi connectivity index (χ4v) is 2.92. The molecular weight excluding hydrogens is 383 g/mol. The molecule has 1 N–H and O–H groups in total. The molecule has 3 atom stereocenters. The van der Waals surface area contributed by atoms with E-state index < -0.39 is 36.4 Å². The minimum Gasteiger partial charge on any atom is -0.483 e. The standard InChI is InChI=1S/C19H17F5N2O2/c1-10(17-5-3-12(8-25-17)28-9-19(22,23)24)26-18(27)15-7-13(15)14-6-11(20)2-4-16(14)21/h2-6,8,10,13,15H,7,9H2,1H3,(H,26,27)/t10-,13+,15-/m1/s1. The predicted molar refractivity (Wildman–Crippen MR) is 89.6 cm³/mol. The number of ether oxygens (including phenoxy) is 1. The average molecular weight is 400 g/mol. The molecule has 0 saturated heterocycles. The van der Waals surface area contributed by atoms with Gasteiger partial charge in [-0.3, -0.25) is 9.78 Å². The predicted octanol–water partition coefficient (Wildman–Crippen LogP) is 4.28. The van der Waals surface area contributed by atoms with Crippen molar-refractivity contribution in [2.24, 2.45) is 5.92 Å². The van der Waals surface area contributed by atoms with Crippen molar-refractivity contribution in [3.63, 3.8) is 0 Å². The van der Waals surface area contributed by atoms with Crippen LogP contribution in [-0.2, 0) is 4.79 Å². The van der Waals surface area contributed by atoms with Gasteiger partial charge in [0.1, 0.15) is 17.4 Å².